The minimum atomic E-state index is -0.422. The smallest absolute Gasteiger partial charge is 0.248 e. The average molecular weight is 447 g/mol. The first-order valence-corrected chi connectivity index (χ1v) is 9.57. The monoisotopic (exact) mass is 446 g/mol. The van der Waals surface area contributed by atoms with Crippen molar-refractivity contribution in [3.05, 3.63) is 75.8 Å². The fourth-order valence-corrected chi connectivity index (χ4v) is 3.25. The summed E-state index contributed by atoms with van der Waals surface area (Å²) in [6, 6.07) is 10.5. The summed E-state index contributed by atoms with van der Waals surface area (Å²) in [5.41, 5.74) is 2.68. The molecule has 3 aromatic rings. The van der Waals surface area contributed by atoms with Crippen molar-refractivity contribution >= 4 is 52.5 Å². The second kappa shape index (κ2) is 9.11. The molecule has 0 aliphatic heterocycles. The zero-order valence-corrected chi connectivity index (χ0v) is 17.6. The van der Waals surface area contributed by atoms with Gasteiger partial charge >= 0.3 is 0 Å². The zero-order valence-electron chi connectivity index (χ0n) is 16.0. The van der Waals surface area contributed by atoms with Gasteiger partial charge in [0.1, 0.15) is 11.0 Å². The van der Waals surface area contributed by atoms with Gasteiger partial charge in [-0.05, 0) is 55.5 Å². The number of aryl methyl sites for hydroxylation is 1. The molecule has 3 rings (SSSR count). The van der Waals surface area contributed by atoms with Gasteiger partial charge in [-0.25, -0.2) is 9.07 Å². The Morgan fingerprint density at radius 2 is 1.80 bits per heavy atom. The topological polar surface area (TPSA) is 76.0 Å². The molecule has 0 fully saturated rings. The Morgan fingerprint density at radius 1 is 1.10 bits per heavy atom. The van der Waals surface area contributed by atoms with Crippen LogP contribution in [0, 0.1) is 12.7 Å². The Labute approximate surface area is 182 Å². The Kier molecular flexibility index (Phi) is 6.54. The number of benzene rings is 2. The van der Waals surface area contributed by atoms with Crippen LogP contribution in [0.2, 0.25) is 10.2 Å². The first kappa shape index (κ1) is 21.5. The molecule has 1 heterocycles. The van der Waals surface area contributed by atoms with Crippen LogP contribution in [0.1, 0.15) is 18.2 Å². The summed E-state index contributed by atoms with van der Waals surface area (Å²) in [5, 5.41) is 10.2. The Hall–Kier alpha value is -3.16. The van der Waals surface area contributed by atoms with Crippen molar-refractivity contribution in [2.75, 3.05) is 10.6 Å². The van der Waals surface area contributed by atoms with E-state index >= 15 is 0 Å². The number of carbonyl (C=O) groups is 2. The van der Waals surface area contributed by atoms with E-state index in [2.05, 4.69) is 15.7 Å². The van der Waals surface area contributed by atoms with Gasteiger partial charge in [0, 0.05) is 24.3 Å². The third kappa shape index (κ3) is 5.06. The lowest BCUT2D eigenvalue weighted by molar-refractivity contribution is -0.114. The predicted octanol–water partition coefficient (Wildman–Crippen LogP) is 5.24. The number of carbonyl (C=O) groups excluding carboxylic acids is 2. The van der Waals surface area contributed by atoms with Gasteiger partial charge in [-0.3, -0.25) is 9.59 Å². The molecule has 2 amide bonds. The first-order chi connectivity index (χ1) is 14.2. The van der Waals surface area contributed by atoms with Gasteiger partial charge < -0.3 is 10.6 Å². The standard InChI is InChI=1S/C21H17Cl2FN4O2/c1-12-17(21(23)28(27-12)16-6-3-14(24)4-7-16)8-10-20(30)26-19-9-5-15(11-18(19)22)25-13(2)29/h3-11H,1-2H3,(H,25,29)(H,26,30)/b10-8+. The molecule has 0 spiro atoms. The van der Waals surface area contributed by atoms with Crippen LogP contribution in [0.15, 0.2) is 48.5 Å². The van der Waals surface area contributed by atoms with Crippen LogP contribution >= 0.6 is 23.2 Å². The van der Waals surface area contributed by atoms with E-state index in [0.29, 0.717) is 33.5 Å². The molecule has 6 nitrogen and oxygen atoms in total. The number of hydrogen-bond acceptors (Lipinski definition) is 3. The van der Waals surface area contributed by atoms with E-state index in [1.165, 1.54) is 35.9 Å². The highest BCUT2D eigenvalue weighted by Crippen LogP contribution is 2.27. The van der Waals surface area contributed by atoms with Gasteiger partial charge in [-0.1, -0.05) is 23.2 Å². The number of nitrogens with one attached hydrogen (secondary N) is 2. The van der Waals surface area contributed by atoms with Crippen molar-refractivity contribution in [3.63, 3.8) is 0 Å². The molecule has 2 N–H and O–H groups in total. The van der Waals surface area contributed by atoms with E-state index in [1.807, 2.05) is 0 Å². The van der Waals surface area contributed by atoms with E-state index in [4.69, 9.17) is 23.2 Å². The summed E-state index contributed by atoms with van der Waals surface area (Å²) in [7, 11) is 0. The van der Waals surface area contributed by atoms with Crippen LogP contribution in [-0.2, 0) is 9.59 Å². The number of anilines is 2. The van der Waals surface area contributed by atoms with Crippen molar-refractivity contribution in [2.24, 2.45) is 0 Å². The quantitative estimate of drug-likeness (QED) is 0.526. The van der Waals surface area contributed by atoms with E-state index in [9.17, 15) is 14.0 Å². The van der Waals surface area contributed by atoms with Gasteiger partial charge in [-0.2, -0.15) is 5.10 Å². The minimum absolute atomic E-state index is 0.223. The molecule has 0 saturated carbocycles. The summed E-state index contributed by atoms with van der Waals surface area (Å²) in [6.07, 6.45) is 2.85. The Bertz CT molecular complexity index is 1140. The van der Waals surface area contributed by atoms with Crippen LogP contribution < -0.4 is 10.6 Å². The highest BCUT2D eigenvalue weighted by molar-refractivity contribution is 6.34. The van der Waals surface area contributed by atoms with Crippen LogP contribution in [0.4, 0.5) is 15.8 Å². The zero-order chi connectivity index (χ0) is 21.8. The highest BCUT2D eigenvalue weighted by Gasteiger charge is 2.13. The van der Waals surface area contributed by atoms with Crippen molar-refractivity contribution in [1.29, 1.82) is 0 Å². The van der Waals surface area contributed by atoms with Crippen molar-refractivity contribution in [2.45, 2.75) is 13.8 Å². The normalized spacial score (nSPS) is 11.0. The van der Waals surface area contributed by atoms with E-state index in [0.717, 1.165) is 0 Å². The molecule has 0 bridgehead atoms. The molecule has 9 heteroatoms. The summed E-state index contributed by atoms with van der Waals surface area (Å²) in [5.74, 6) is -1.01. The largest absolute Gasteiger partial charge is 0.326 e. The number of rotatable bonds is 5. The molecule has 0 radical (unpaired) electrons. The lowest BCUT2D eigenvalue weighted by atomic mass is 10.2. The summed E-state index contributed by atoms with van der Waals surface area (Å²) < 4.78 is 14.6. The fourth-order valence-electron chi connectivity index (χ4n) is 2.68. The third-order valence-corrected chi connectivity index (χ3v) is 4.74. The molecule has 0 saturated heterocycles. The summed E-state index contributed by atoms with van der Waals surface area (Å²) >= 11 is 12.6. The Balaban J connectivity index is 1.75. The molecular formula is C21H17Cl2FN4O2. The van der Waals surface area contributed by atoms with Crippen LogP contribution in [0.5, 0.6) is 0 Å². The molecule has 2 aromatic carbocycles. The molecule has 0 aliphatic carbocycles. The second-order valence-corrected chi connectivity index (χ2v) is 7.14. The predicted molar refractivity (Wildman–Crippen MR) is 117 cm³/mol. The van der Waals surface area contributed by atoms with Gasteiger partial charge in [-0.15, -0.1) is 0 Å². The summed E-state index contributed by atoms with van der Waals surface area (Å²) in [6.45, 7) is 3.14. The Morgan fingerprint density at radius 3 is 2.43 bits per heavy atom. The molecular weight excluding hydrogens is 430 g/mol. The molecule has 1 aromatic heterocycles. The maximum absolute atomic E-state index is 13.1. The van der Waals surface area contributed by atoms with Gasteiger partial charge in [0.2, 0.25) is 11.8 Å². The molecule has 0 atom stereocenters. The third-order valence-electron chi connectivity index (χ3n) is 4.07. The number of amides is 2. The fraction of sp³-hybridized carbons (Fsp3) is 0.0952. The van der Waals surface area contributed by atoms with Crippen LogP contribution in [0.3, 0.4) is 0 Å². The molecule has 0 aliphatic rings. The molecule has 30 heavy (non-hydrogen) atoms. The van der Waals surface area contributed by atoms with Crippen molar-refractivity contribution in [3.8, 4) is 5.69 Å². The second-order valence-electron chi connectivity index (χ2n) is 6.38. The van der Waals surface area contributed by atoms with Crippen molar-refractivity contribution < 1.29 is 14.0 Å². The van der Waals surface area contributed by atoms with Crippen LogP contribution in [-0.4, -0.2) is 21.6 Å². The maximum atomic E-state index is 13.1. The van der Waals surface area contributed by atoms with Crippen molar-refractivity contribution in [1.82, 2.24) is 9.78 Å². The maximum Gasteiger partial charge on any atom is 0.248 e. The van der Waals surface area contributed by atoms with E-state index < -0.39 is 5.91 Å². The van der Waals surface area contributed by atoms with Gasteiger partial charge in [0.25, 0.3) is 0 Å². The van der Waals surface area contributed by atoms with Gasteiger partial charge in [0.15, 0.2) is 0 Å². The molecule has 154 valence electrons. The minimum Gasteiger partial charge on any atom is -0.326 e. The van der Waals surface area contributed by atoms with E-state index in [-0.39, 0.29) is 16.7 Å². The number of aromatic nitrogens is 2. The lowest BCUT2D eigenvalue weighted by Gasteiger charge is -2.08. The van der Waals surface area contributed by atoms with Gasteiger partial charge in [0.05, 0.1) is 22.1 Å². The lowest BCUT2D eigenvalue weighted by Crippen LogP contribution is -2.09. The van der Waals surface area contributed by atoms with Crippen LogP contribution in [0.25, 0.3) is 11.8 Å². The highest BCUT2D eigenvalue weighted by atomic mass is 35.5. The number of halogens is 3. The molecule has 0 unspecified atom stereocenters. The number of nitrogens with zero attached hydrogens (tertiary/aromatic N) is 2. The van der Waals surface area contributed by atoms with E-state index in [1.54, 1.807) is 37.3 Å². The SMILES string of the molecule is CC(=O)Nc1ccc(NC(=O)/C=C/c2c(C)nn(-c3ccc(F)cc3)c2Cl)c(Cl)c1. The first-order valence-electron chi connectivity index (χ1n) is 8.82. The summed E-state index contributed by atoms with van der Waals surface area (Å²) in [4.78, 5) is 23.4. The number of hydrogen-bond donors (Lipinski definition) is 2. The average Bonchev–Trinajstić information content (AvgIpc) is 2.96.